The fourth-order valence-corrected chi connectivity index (χ4v) is 9.69. The van der Waals surface area contributed by atoms with Crippen LogP contribution in [0, 0.1) is 13.0 Å². The molecule has 0 aromatic heterocycles. The van der Waals surface area contributed by atoms with Crippen LogP contribution in [0.25, 0.3) is 0 Å². The van der Waals surface area contributed by atoms with Crippen LogP contribution in [0.2, 0.25) is 18.1 Å². The maximum atomic E-state index is 12.8. The second kappa shape index (κ2) is 20.6. The van der Waals surface area contributed by atoms with Crippen molar-refractivity contribution in [3.8, 4) is 0 Å². The van der Waals surface area contributed by atoms with Gasteiger partial charge in [0.1, 0.15) is 0 Å². The molecule has 0 aromatic rings. The molecule has 0 radical (unpaired) electrons. The van der Waals surface area contributed by atoms with Crippen molar-refractivity contribution in [3.05, 3.63) is 7.05 Å². The molecule has 0 aliphatic rings. The number of rotatable bonds is 24. The Labute approximate surface area is 228 Å². The Morgan fingerprint density at radius 1 is 0.605 bits per heavy atom. The van der Waals surface area contributed by atoms with Gasteiger partial charge in [-0.05, 0) is 51.0 Å². The second-order valence-corrected chi connectivity index (χ2v) is 18.1. The maximum Gasteiger partial charge on any atom is 0.500 e. The minimum atomic E-state index is -2.65. The summed E-state index contributed by atoms with van der Waals surface area (Å²) in [4.78, 5) is 14.4. The monoisotopic (exact) mass is 853 g/mol. The van der Waals surface area contributed by atoms with Gasteiger partial charge in [0.2, 0.25) is 0 Å². The molecule has 0 atom stereocenters. The summed E-state index contributed by atoms with van der Waals surface area (Å²) < 4.78 is 49.7. The normalized spacial score (nSPS) is 12.6. The zero-order valence-corrected chi connectivity index (χ0v) is 34.7. The van der Waals surface area contributed by atoms with Crippen LogP contribution < -0.4 is 0 Å². The van der Waals surface area contributed by atoms with Crippen molar-refractivity contribution in [2.75, 3.05) is 70.5 Å². The molecule has 0 saturated carbocycles. The molecule has 0 spiro atoms. The van der Waals surface area contributed by atoms with Crippen LogP contribution >= 0.6 is 0 Å². The van der Waals surface area contributed by atoms with Gasteiger partial charge in [-0.15, -0.1) is 0 Å². The molecule has 0 bridgehead atoms. The molecule has 0 aliphatic carbocycles. The number of carbonyl (C=O) groups excluding carboxylic acids is 1. The quantitative estimate of drug-likeness (QED) is 0.0815. The SMILES string of the molecule is [CH2-]N(CC(CCC[Si](OC)(OC)OC)CCC[Si](OC)(OC)OC)C(=O)CCCC[Si](OC)(OC)OC.[Rf]. The number of amides is 1. The van der Waals surface area contributed by atoms with E-state index in [0.29, 0.717) is 37.5 Å². The number of nitrogens with zero attached hydrogens (tertiary/aromatic N) is 1. The standard InChI is InChI=1S/C23H52NO10Si3.Rf/c1-24(23(25)17-11-12-18-35(26-2,27-3)28-4)21-22(15-13-19-36(29-5,30-6)31-7)16-14-20-37(32-8,33-9)34-10;/h22H,1,11-21H2,2-10H3;/q-1;. The maximum absolute atomic E-state index is 12.8. The molecule has 0 rings (SSSR count). The molecule has 15 heteroatoms. The Balaban J connectivity index is 0. The van der Waals surface area contributed by atoms with Crippen LogP contribution in [-0.4, -0.2) is 108 Å². The molecule has 0 aromatic carbocycles. The van der Waals surface area contributed by atoms with Crippen molar-refractivity contribution in [3.63, 3.8) is 0 Å². The predicted octanol–water partition coefficient (Wildman–Crippen LogP) is 3.59. The minimum absolute atomic E-state index is 0. The Kier molecular flexibility index (Phi) is 21.1. The largest absolute Gasteiger partial charge is 0.500 e. The van der Waals surface area contributed by atoms with E-state index in [1.54, 1.807) is 68.9 Å². The first-order valence-corrected chi connectivity index (χ1v) is 18.5. The smallest absolute Gasteiger partial charge is 0.495 e. The van der Waals surface area contributed by atoms with E-state index in [0.717, 1.165) is 32.1 Å². The van der Waals surface area contributed by atoms with Gasteiger partial charge in [-0.3, -0.25) is 11.8 Å². The summed E-state index contributed by atoms with van der Waals surface area (Å²) in [5, 5.41) is 0. The number of hydrogen-bond acceptors (Lipinski definition) is 10. The number of unbranched alkanes of at least 4 members (excludes halogenated alkanes) is 1. The van der Waals surface area contributed by atoms with Gasteiger partial charge >= 0.3 is 26.4 Å². The summed E-state index contributed by atoms with van der Waals surface area (Å²) in [6.07, 6.45) is 5.39. The van der Waals surface area contributed by atoms with Crippen molar-refractivity contribution >= 4 is 32.3 Å². The molecule has 0 unspecified atom stereocenters. The molecule has 11 nitrogen and oxygen atoms in total. The molecular weight excluding hydrogens is 802 g/mol. The Morgan fingerprint density at radius 3 is 1.24 bits per heavy atom. The zero-order valence-electron chi connectivity index (χ0n) is 25.3. The fraction of sp³-hybridized carbons (Fsp3) is 0.913. The van der Waals surface area contributed by atoms with Crippen molar-refractivity contribution in [1.82, 2.24) is 4.90 Å². The van der Waals surface area contributed by atoms with Crippen LogP contribution in [0.1, 0.15) is 44.9 Å². The summed E-state index contributed by atoms with van der Waals surface area (Å²) in [7, 11) is 10.7. The molecule has 38 heavy (non-hydrogen) atoms. The summed E-state index contributed by atoms with van der Waals surface area (Å²) in [5.74, 6) is 0.264. The van der Waals surface area contributed by atoms with E-state index in [2.05, 4.69) is 7.05 Å². The van der Waals surface area contributed by atoms with E-state index in [-0.39, 0.29) is 11.8 Å². The van der Waals surface area contributed by atoms with Crippen molar-refractivity contribution < 1.29 is 44.6 Å². The van der Waals surface area contributed by atoms with Gasteiger partial charge in [-0.25, -0.2) is 0 Å². The van der Waals surface area contributed by atoms with E-state index < -0.39 is 26.4 Å². The third-order valence-electron chi connectivity index (χ3n) is 6.94. The topological polar surface area (TPSA) is 103 Å². The van der Waals surface area contributed by atoms with Crippen LogP contribution in [0.3, 0.4) is 0 Å². The van der Waals surface area contributed by atoms with Gasteiger partial charge in [0.05, 0.1) is 0 Å². The van der Waals surface area contributed by atoms with E-state index in [4.69, 9.17) is 39.8 Å². The van der Waals surface area contributed by atoms with Gasteiger partial charge < -0.3 is 44.7 Å². The number of hydrogen-bond donors (Lipinski definition) is 0. The summed E-state index contributed by atoms with van der Waals surface area (Å²) in [6.45, 7) is 0.564. The predicted molar refractivity (Wildman–Crippen MR) is 148 cm³/mol. The molecule has 0 saturated heterocycles. The van der Waals surface area contributed by atoms with Crippen LogP contribution in [-0.2, 0) is 44.6 Å². The van der Waals surface area contributed by atoms with Gasteiger partial charge in [-0.2, -0.15) is 0 Å². The zero-order chi connectivity index (χ0) is 28.4. The van der Waals surface area contributed by atoms with E-state index in [1.807, 2.05) is 0 Å². The summed E-state index contributed by atoms with van der Waals surface area (Å²) >= 11 is 0. The van der Waals surface area contributed by atoms with Crippen molar-refractivity contribution in [2.45, 2.75) is 63.1 Å². The molecular formula is C23H52NO10RfSi3-. The Morgan fingerprint density at radius 2 is 0.921 bits per heavy atom. The first-order chi connectivity index (χ1) is 17.6. The minimum Gasteiger partial charge on any atom is -0.495 e. The Hall–Kier alpha value is -1.24. The van der Waals surface area contributed by atoms with Crippen LogP contribution in [0.15, 0.2) is 0 Å². The fourth-order valence-electron chi connectivity index (χ4n) is 4.40. The molecule has 0 aliphatic heterocycles. The van der Waals surface area contributed by atoms with Gasteiger partial charge in [0.15, 0.2) is 5.91 Å². The first-order valence-electron chi connectivity index (χ1n) is 12.7. The average Bonchev–Trinajstić information content (AvgIpc) is 2.94. The third kappa shape index (κ3) is 12.7. The van der Waals surface area contributed by atoms with Crippen molar-refractivity contribution in [2.24, 2.45) is 5.92 Å². The number of carbonyl (C=O) groups is 1. The molecule has 1 amide bonds. The average molecular weight is 854 g/mol. The van der Waals surface area contributed by atoms with E-state index in [9.17, 15) is 4.79 Å². The molecule has 0 N–H and O–H groups in total. The van der Waals surface area contributed by atoms with Gasteiger partial charge in [-0.1, -0.05) is 0 Å². The van der Waals surface area contributed by atoms with Gasteiger partial charge in [0, 0.05) is 88.5 Å². The molecule has 0 heterocycles. The van der Waals surface area contributed by atoms with Gasteiger partial charge in [0.25, 0.3) is 0 Å². The third-order valence-corrected chi connectivity index (χ3v) is 15.4. The second-order valence-electron chi connectivity index (χ2n) is 8.86. The van der Waals surface area contributed by atoms with Crippen molar-refractivity contribution in [1.29, 1.82) is 0 Å². The molecule has 224 valence electrons. The van der Waals surface area contributed by atoms with Crippen LogP contribution in [0.5, 0.6) is 0 Å². The Bertz CT molecular complexity index is 549. The summed E-state index contributed by atoms with van der Waals surface area (Å²) in [5.41, 5.74) is 0. The van der Waals surface area contributed by atoms with E-state index >= 15 is 0 Å². The first kappa shape index (κ1) is 38.9. The molecule has 0 fully saturated rings. The van der Waals surface area contributed by atoms with Crippen LogP contribution in [0.4, 0.5) is 0 Å². The van der Waals surface area contributed by atoms with E-state index in [1.165, 1.54) is 0 Å². The summed E-state index contributed by atoms with van der Waals surface area (Å²) in [6, 6.07) is 2.07.